The van der Waals surface area contributed by atoms with Crippen molar-refractivity contribution in [3.63, 3.8) is 0 Å². The van der Waals surface area contributed by atoms with E-state index >= 15 is 0 Å². The van der Waals surface area contributed by atoms with Crippen LogP contribution in [-0.2, 0) is 15.0 Å². The Balaban J connectivity index is 0.00000208. The molecule has 0 aliphatic rings. The Morgan fingerprint density at radius 2 is 1.38 bits per heavy atom. The normalized spacial score (nSPS) is 11.3. The number of rotatable bonds is 6. The summed E-state index contributed by atoms with van der Waals surface area (Å²) >= 11 is 0. The zero-order valence-corrected chi connectivity index (χ0v) is 14.5. The topological polar surface area (TPSA) is 36.3 Å². The third-order valence-electron chi connectivity index (χ3n) is 4.11. The van der Waals surface area contributed by atoms with Crippen molar-refractivity contribution >= 4 is 12.4 Å². The minimum atomic E-state index is -0.664. The molecule has 0 radical (unpaired) electrons. The van der Waals surface area contributed by atoms with Gasteiger partial charge in [-0.3, -0.25) is 0 Å². The Labute approximate surface area is 148 Å². The first kappa shape index (κ1) is 18.2. The zero-order chi connectivity index (χ0) is 16.1. The van der Waals surface area contributed by atoms with Crippen LogP contribution < -0.4 is 0 Å². The molecule has 1 heterocycles. The van der Waals surface area contributed by atoms with Crippen LogP contribution >= 0.6 is 12.4 Å². The van der Waals surface area contributed by atoms with Gasteiger partial charge in [0, 0.05) is 26.6 Å². The molecule has 1 aromatic heterocycles. The van der Waals surface area contributed by atoms with Crippen molar-refractivity contribution in [1.29, 1.82) is 0 Å². The Hall–Kier alpha value is -2.14. The van der Waals surface area contributed by atoms with Crippen LogP contribution in [-0.4, -0.2) is 30.1 Å². The standard InChI is InChI=1S/C19H20N2O2.ClH/c1-22-18(23-2)19(21-14-13-20-15-21,16-9-5-3-6-10-16)17-11-7-4-8-12-17;/h3-15,18H,1-2H3;1H. The summed E-state index contributed by atoms with van der Waals surface area (Å²) in [6, 6.07) is 20.4. The van der Waals surface area contributed by atoms with Gasteiger partial charge in [-0.2, -0.15) is 0 Å². The molecule has 3 aromatic rings. The van der Waals surface area contributed by atoms with Crippen LogP contribution in [0.1, 0.15) is 11.1 Å². The monoisotopic (exact) mass is 344 g/mol. The van der Waals surface area contributed by atoms with Crippen LogP contribution in [0.25, 0.3) is 0 Å². The van der Waals surface area contributed by atoms with Crippen molar-refractivity contribution in [2.75, 3.05) is 14.2 Å². The quantitative estimate of drug-likeness (QED) is 0.639. The first-order valence-electron chi connectivity index (χ1n) is 7.49. The third-order valence-corrected chi connectivity index (χ3v) is 4.11. The summed E-state index contributed by atoms with van der Waals surface area (Å²) in [5, 5.41) is 0. The highest BCUT2D eigenvalue weighted by Gasteiger charge is 2.44. The molecule has 126 valence electrons. The molecule has 0 saturated carbocycles. The van der Waals surface area contributed by atoms with Crippen LogP contribution in [0.2, 0.25) is 0 Å². The summed E-state index contributed by atoms with van der Waals surface area (Å²) < 4.78 is 13.5. The maximum Gasteiger partial charge on any atom is 0.188 e. The van der Waals surface area contributed by atoms with Gasteiger partial charge in [-0.25, -0.2) is 4.98 Å². The number of imidazole rings is 1. The largest absolute Gasteiger partial charge is 0.353 e. The molecule has 0 fully saturated rings. The van der Waals surface area contributed by atoms with Crippen LogP contribution in [0, 0.1) is 0 Å². The second kappa shape index (κ2) is 8.11. The molecule has 0 atom stereocenters. The van der Waals surface area contributed by atoms with Crippen LogP contribution in [0.4, 0.5) is 0 Å². The molecule has 5 heteroatoms. The lowest BCUT2D eigenvalue weighted by Gasteiger charge is -2.41. The van der Waals surface area contributed by atoms with E-state index in [2.05, 4.69) is 29.2 Å². The number of nitrogens with zero attached hydrogens (tertiary/aromatic N) is 2. The molecule has 2 aromatic carbocycles. The average molecular weight is 345 g/mol. The Morgan fingerprint density at radius 1 is 0.875 bits per heavy atom. The number of halogens is 1. The highest BCUT2D eigenvalue weighted by Crippen LogP contribution is 2.38. The second-order valence-electron chi connectivity index (χ2n) is 5.27. The van der Waals surface area contributed by atoms with Gasteiger partial charge < -0.3 is 14.0 Å². The average Bonchev–Trinajstić information content (AvgIpc) is 3.16. The fraction of sp³-hybridized carbons (Fsp3) is 0.211. The highest BCUT2D eigenvalue weighted by molar-refractivity contribution is 5.85. The molecular formula is C19H21ClN2O2. The fourth-order valence-corrected chi connectivity index (χ4v) is 3.15. The van der Waals surface area contributed by atoms with Gasteiger partial charge in [0.15, 0.2) is 6.29 Å². The Bertz CT molecular complexity index is 674. The van der Waals surface area contributed by atoms with Gasteiger partial charge in [-0.1, -0.05) is 60.7 Å². The van der Waals surface area contributed by atoms with Crippen molar-refractivity contribution < 1.29 is 9.47 Å². The molecule has 0 aliphatic carbocycles. The van der Waals surface area contributed by atoms with Crippen LogP contribution in [0.5, 0.6) is 0 Å². The SMILES string of the molecule is COC(OC)C(c1ccccc1)(c1ccccc1)n1ccnc1.Cl. The number of hydrogen-bond acceptors (Lipinski definition) is 3. The van der Waals surface area contributed by atoms with E-state index in [0.717, 1.165) is 11.1 Å². The lowest BCUT2D eigenvalue weighted by atomic mass is 9.81. The molecule has 0 aliphatic heterocycles. The molecule has 4 nitrogen and oxygen atoms in total. The summed E-state index contributed by atoms with van der Waals surface area (Å²) in [5.74, 6) is 0. The molecule has 24 heavy (non-hydrogen) atoms. The van der Waals surface area contributed by atoms with Crippen molar-refractivity contribution in [3.05, 3.63) is 90.5 Å². The molecule has 0 bridgehead atoms. The van der Waals surface area contributed by atoms with E-state index in [1.54, 1.807) is 26.7 Å². The van der Waals surface area contributed by atoms with E-state index < -0.39 is 11.8 Å². The number of hydrogen-bond donors (Lipinski definition) is 0. The van der Waals surface area contributed by atoms with Crippen molar-refractivity contribution in [2.45, 2.75) is 11.8 Å². The van der Waals surface area contributed by atoms with Crippen molar-refractivity contribution in [1.82, 2.24) is 9.55 Å². The molecule has 0 unspecified atom stereocenters. The van der Waals surface area contributed by atoms with E-state index in [9.17, 15) is 0 Å². The van der Waals surface area contributed by atoms with Gasteiger partial charge in [-0.15, -0.1) is 12.4 Å². The van der Waals surface area contributed by atoms with E-state index in [-0.39, 0.29) is 12.4 Å². The number of aromatic nitrogens is 2. The van der Waals surface area contributed by atoms with E-state index in [4.69, 9.17) is 9.47 Å². The van der Waals surface area contributed by atoms with Gasteiger partial charge in [0.25, 0.3) is 0 Å². The van der Waals surface area contributed by atoms with Gasteiger partial charge >= 0.3 is 0 Å². The highest BCUT2D eigenvalue weighted by atomic mass is 35.5. The fourth-order valence-electron chi connectivity index (χ4n) is 3.15. The van der Waals surface area contributed by atoms with E-state index in [1.807, 2.05) is 47.2 Å². The molecule has 0 spiro atoms. The maximum atomic E-state index is 5.73. The van der Waals surface area contributed by atoms with Gasteiger partial charge in [0.05, 0.1) is 6.33 Å². The Morgan fingerprint density at radius 3 is 1.75 bits per heavy atom. The van der Waals surface area contributed by atoms with Crippen molar-refractivity contribution in [3.8, 4) is 0 Å². The lowest BCUT2D eigenvalue weighted by molar-refractivity contribution is -0.147. The molecule has 3 rings (SSSR count). The molecule has 0 saturated heterocycles. The van der Waals surface area contributed by atoms with Crippen LogP contribution in [0.15, 0.2) is 79.4 Å². The van der Waals surface area contributed by atoms with E-state index in [1.165, 1.54) is 0 Å². The van der Waals surface area contributed by atoms with Gasteiger partial charge in [-0.05, 0) is 11.1 Å². The van der Waals surface area contributed by atoms with Crippen LogP contribution in [0.3, 0.4) is 0 Å². The summed E-state index contributed by atoms with van der Waals surface area (Å²) in [6.07, 6.45) is 4.99. The molecule has 0 N–H and O–H groups in total. The summed E-state index contributed by atoms with van der Waals surface area (Å²) in [7, 11) is 3.32. The lowest BCUT2D eigenvalue weighted by Crippen LogP contribution is -2.48. The second-order valence-corrected chi connectivity index (χ2v) is 5.27. The van der Waals surface area contributed by atoms with E-state index in [0.29, 0.717) is 0 Å². The summed E-state index contributed by atoms with van der Waals surface area (Å²) in [5.41, 5.74) is 1.47. The Kier molecular flexibility index (Phi) is 6.15. The predicted octanol–water partition coefficient (Wildman–Crippen LogP) is 3.72. The first-order valence-corrected chi connectivity index (χ1v) is 7.49. The van der Waals surface area contributed by atoms with Crippen molar-refractivity contribution in [2.24, 2.45) is 0 Å². The maximum absolute atomic E-state index is 5.73. The van der Waals surface area contributed by atoms with Gasteiger partial charge in [0.2, 0.25) is 0 Å². The number of methoxy groups -OCH3 is 2. The minimum Gasteiger partial charge on any atom is -0.353 e. The third kappa shape index (κ3) is 2.96. The smallest absolute Gasteiger partial charge is 0.188 e. The number of ether oxygens (including phenoxy) is 2. The minimum absolute atomic E-state index is 0. The summed E-state index contributed by atoms with van der Waals surface area (Å²) in [6.45, 7) is 0. The molecule has 0 amide bonds. The molecular weight excluding hydrogens is 324 g/mol. The first-order chi connectivity index (χ1) is 11.3. The zero-order valence-electron chi connectivity index (χ0n) is 13.7. The summed E-state index contributed by atoms with van der Waals surface area (Å²) in [4.78, 5) is 4.24. The van der Waals surface area contributed by atoms with Gasteiger partial charge in [0.1, 0.15) is 5.54 Å². The predicted molar refractivity (Wildman–Crippen MR) is 96.3 cm³/mol. The number of benzene rings is 2.